The number of nitrogens with zero attached hydrogens (tertiary/aromatic N) is 4. The van der Waals surface area contributed by atoms with Crippen LogP contribution < -0.4 is 16.4 Å². The minimum atomic E-state index is -1.84. The molecule has 2 aromatic heterocycles. The van der Waals surface area contributed by atoms with E-state index in [-0.39, 0.29) is 34.8 Å². The quantitative estimate of drug-likeness (QED) is 0.120. The van der Waals surface area contributed by atoms with Gasteiger partial charge in [-0.25, -0.2) is 24.5 Å². The van der Waals surface area contributed by atoms with E-state index < -0.39 is 63.9 Å². The number of thiazole rings is 1. The molecule has 2 aliphatic rings. The SMILES string of the molecule is CC(=O)OCC1=C(c2n[nH]c(=O)o2)N2C(=O)[C@@H](NC(=O)/C(=N\OC(C)(C)C(=O)O)c3csc(NC(=O)OC(C)(C)C)n3)[C@H]2SC1. The number of H-pyrrole nitrogens is 1. The summed E-state index contributed by atoms with van der Waals surface area (Å²) in [6.07, 6.45) is -0.797. The number of anilines is 1. The van der Waals surface area contributed by atoms with E-state index in [9.17, 15) is 33.9 Å². The minimum absolute atomic E-state index is 0.0431. The molecule has 4 rings (SSSR count). The Morgan fingerprint density at radius 1 is 1.22 bits per heavy atom. The average Bonchev–Trinajstić information content (AvgIpc) is 3.57. The number of carbonyl (C=O) groups is 5. The first-order valence-corrected chi connectivity index (χ1v) is 15.0. The number of oxime groups is 1. The van der Waals surface area contributed by atoms with Crippen molar-refractivity contribution in [1.29, 1.82) is 0 Å². The topological polar surface area (TPSA) is 245 Å². The van der Waals surface area contributed by atoms with E-state index in [4.69, 9.17) is 18.7 Å². The number of β-lactam (4-membered cyclic amide) rings is 1. The fraction of sp³-hybridized carbons (Fsp3) is 0.480. The van der Waals surface area contributed by atoms with Crippen LogP contribution in [0.3, 0.4) is 0 Å². The van der Waals surface area contributed by atoms with Crippen molar-refractivity contribution in [1.82, 2.24) is 25.4 Å². The van der Waals surface area contributed by atoms with Gasteiger partial charge in [0.15, 0.2) is 10.8 Å². The van der Waals surface area contributed by atoms with Crippen LogP contribution >= 0.6 is 23.1 Å². The van der Waals surface area contributed by atoms with Gasteiger partial charge >= 0.3 is 23.8 Å². The zero-order valence-corrected chi connectivity index (χ0v) is 26.4. The molecule has 20 heteroatoms. The number of carbonyl (C=O) groups excluding carboxylic acids is 4. The fourth-order valence-electron chi connectivity index (χ4n) is 3.76. The van der Waals surface area contributed by atoms with Crippen molar-refractivity contribution in [2.45, 2.75) is 64.2 Å². The fourth-order valence-corrected chi connectivity index (χ4v) is 5.77. The Labute approximate surface area is 262 Å². The van der Waals surface area contributed by atoms with Gasteiger partial charge in [-0.15, -0.1) is 28.2 Å². The zero-order chi connectivity index (χ0) is 33.3. The summed E-state index contributed by atoms with van der Waals surface area (Å²) in [5.74, 6) is -4.33. The maximum Gasteiger partial charge on any atom is 0.434 e. The number of aromatic amines is 1. The van der Waals surface area contributed by atoms with Crippen LogP contribution in [0.25, 0.3) is 5.70 Å². The molecule has 0 aromatic carbocycles. The highest BCUT2D eigenvalue weighted by Crippen LogP contribution is 2.43. The second-order valence-corrected chi connectivity index (χ2v) is 13.0. The highest BCUT2D eigenvalue weighted by Gasteiger charge is 2.54. The van der Waals surface area contributed by atoms with Crippen molar-refractivity contribution in [2.24, 2.45) is 5.16 Å². The van der Waals surface area contributed by atoms with Gasteiger partial charge in [0.2, 0.25) is 5.60 Å². The van der Waals surface area contributed by atoms with Gasteiger partial charge < -0.3 is 29.2 Å². The molecule has 2 atom stereocenters. The van der Waals surface area contributed by atoms with Crippen molar-refractivity contribution < 1.29 is 47.8 Å². The molecule has 0 aliphatic carbocycles. The number of nitrogens with one attached hydrogen (secondary N) is 3. The summed E-state index contributed by atoms with van der Waals surface area (Å²) >= 11 is 2.17. The number of carboxylic acids is 1. The predicted molar refractivity (Wildman–Crippen MR) is 157 cm³/mol. The van der Waals surface area contributed by atoms with Crippen molar-refractivity contribution in [3.63, 3.8) is 0 Å². The summed E-state index contributed by atoms with van der Waals surface area (Å²) in [6.45, 7) is 8.47. The molecule has 3 amide bonds. The Balaban J connectivity index is 1.58. The van der Waals surface area contributed by atoms with E-state index in [1.807, 2.05) is 0 Å². The van der Waals surface area contributed by atoms with Crippen LogP contribution in [-0.4, -0.2) is 95.7 Å². The van der Waals surface area contributed by atoms with E-state index in [1.165, 1.54) is 42.8 Å². The first-order valence-electron chi connectivity index (χ1n) is 13.1. The third-order valence-corrected chi connectivity index (χ3v) is 7.97. The molecule has 2 aliphatic heterocycles. The predicted octanol–water partition coefficient (Wildman–Crippen LogP) is 1.12. The van der Waals surface area contributed by atoms with E-state index in [2.05, 4.69) is 31.0 Å². The Bertz CT molecular complexity index is 1650. The molecule has 4 heterocycles. The number of rotatable bonds is 10. The smallest absolute Gasteiger partial charge is 0.434 e. The molecule has 1 saturated heterocycles. The normalized spacial score (nSPS) is 18.5. The molecule has 0 spiro atoms. The summed E-state index contributed by atoms with van der Waals surface area (Å²) in [6, 6.07) is -1.12. The molecule has 2 aromatic rings. The average molecular weight is 668 g/mol. The maximum absolute atomic E-state index is 13.5. The molecule has 242 valence electrons. The van der Waals surface area contributed by atoms with Crippen LogP contribution in [0.1, 0.15) is 53.1 Å². The Morgan fingerprint density at radius 2 is 1.93 bits per heavy atom. The molecule has 1 fully saturated rings. The lowest BCUT2D eigenvalue weighted by atomic mass is 10.0. The van der Waals surface area contributed by atoms with E-state index in [0.29, 0.717) is 5.57 Å². The first-order chi connectivity index (χ1) is 21.0. The Hall–Kier alpha value is -4.72. The van der Waals surface area contributed by atoms with Gasteiger partial charge in [0.25, 0.3) is 17.7 Å². The number of carboxylic acid groups (broad SMARTS) is 1. The first kappa shape index (κ1) is 33.2. The van der Waals surface area contributed by atoms with Crippen LogP contribution in [0.5, 0.6) is 0 Å². The number of ether oxygens (including phenoxy) is 2. The second-order valence-electron chi connectivity index (χ2n) is 11.0. The molecule has 4 N–H and O–H groups in total. The Kier molecular flexibility index (Phi) is 9.38. The van der Waals surface area contributed by atoms with Gasteiger partial charge in [-0.3, -0.25) is 24.6 Å². The van der Waals surface area contributed by atoms with E-state index >= 15 is 0 Å². The van der Waals surface area contributed by atoms with Gasteiger partial charge in [-0.2, -0.15) is 0 Å². The number of amides is 3. The third kappa shape index (κ3) is 7.69. The molecule has 45 heavy (non-hydrogen) atoms. The van der Waals surface area contributed by atoms with Crippen LogP contribution in [0.15, 0.2) is 25.3 Å². The highest BCUT2D eigenvalue weighted by atomic mass is 32.2. The Morgan fingerprint density at radius 3 is 2.53 bits per heavy atom. The van der Waals surface area contributed by atoms with Crippen molar-refractivity contribution in [2.75, 3.05) is 17.7 Å². The van der Waals surface area contributed by atoms with E-state index in [0.717, 1.165) is 11.3 Å². The number of hydrogen-bond donors (Lipinski definition) is 4. The minimum Gasteiger partial charge on any atom is -0.478 e. The molecular formula is C25H29N7O11S2. The summed E-state index contributed by atoms with van der Waals surface area (Å²) < 4.78 is 15.4. The summed E-state index contributed by atoms with van der Waals surface area (Å²) in [7, 11) is 0. The lowest BCUT2D eigenvalue weighted by molar-refractivity contribution is -0.161. The van der Waals surface area contributed by atoms with Crippen LogP contribution in [0, 0.1) is 0 Å². The third-order valence-electron chi connectivity index (χ3n) is 5.87. The maximum atomic E-state index is 13.5. The van der Waals surface area contributed by atoms with Gasteiger partial charge in [0.05, 0.1) is 0 Å². The number of aliphatic carboxylic acids is 1. The largest absolute Gasteiger partial charge is 0.478 e. The second kappa shape index (κ2) is 12.7. The van der Waals surface area contributed by atoms with Crippen molar-refractivity contribution in [3.8, 4) is 0 Å². The molecule has 0 unspecified atom stereocenters. The lowest BCUT2D eigenvalue weighted by Gasteiger charge is -2.49. The number of esters is 1. The van der Waals surface area contributed by atoms with Crippen LogP contribution in [0.2, 0.25) is 0 Å². The monoisotopic (exact) mass is 667 g/mol. The number of thioether (sulfide) groups is 1. The van der Waals surface area contributed by atoms with Crippen LogP contribution in [0.4, 0.5) is 9.93 Å². The van der Waals surface area contributed by atoms with Gasteiger partial charge in [-0.05, 0) is 34.6 Å². The summed E-state index contributed by atoms with van der Waals surface area (Å²) in [5, 5.41) is 24.9. The number of aromatic nitrogens is 3. The molecular weight excluding hydrogens is 638 g/mol. The highest BCUT2D eigenvalue weighted by molar-refractivity contribution is 8.00. The number of hydrogen-bond acceptors (Lipinski definition) is 15. The number of fused-ring (bicyclic) bond motifs is 1. The van der Waals surface area contributed by atoms with Gasteiger partial charge in [-0.1, -0.05) is 5.16 Å². The molecule has 0 saturated carbocycles. The van der Waals surface area contributed by atoms with Gasteiger partial charge in [0, 0.05) is 23.6 Å². The van der Waals surface area contributed by atoms with Crippen molar-refractivity contribution in [3.05, 3.63) is 33.1 Å². The lowest BCUT2D eigenvalue weighted by Crippen LogP contribution is -2.70. The van der Waals surface area contributed by atoms with E-state index in [1.54, 1.807) is 20.8 Å². The molecule has 0 radical (unpaired) electrons. The standard InChI is InChI=1S/C25H29N7O11S2/c1-10(33)40-7-11-8-44-19-14(18(35)32(19)15(11)17-29-30-23(39)41-17)27-16(34)13(31-43-25(5,6)20(36)37)12-9-45-21(26-12)28-22(38)42-24(2,3)4/h9,14,19H,7-8H2,1-6H3,(H,27,34)(H,30,39)(H,36,37)(H,26,28,38)/b31-13-/t14-,19-/m1/s1. The summed E-state index contributed by atoms with van der Waals surface area (Å²) in [5.41, 5.74) is -2.63. The van der Waals surface area contributed by atoms with Crippen molar-refractivity contribution >= 4 is 69.5 Å². The zero-order valence-electron chi connectivity index (χ0n) is 24.8. The summed E-state index contributed by atoms with van der Waals surface area (Å²) in [4.78, 5) is 84.4. The molecule has 0 bridgehead atoms. The molecule has 18 nitrogen and oxygen atoms in total. The van der Waals surface area contributed by atoms with Crippen LogP contribution in [-0.2, 0) is 33.5 Å². The van der Waals surface area contributed by atoms with Gasteiger partial charge in [0.1, 0.15) is 35.0 Å².